The summed E-state index contributed by atoms with van der Waals surface area (Å²) < 4.78 is 6.41. The second-order valence-corrected chi connectivity index (χ2v) is 8.37. The summed E-state index contributed by atoms with van der Waals surface area (Å²) in [5.74, 6) is -0.539. The van der Waals surface area contributed by atoms with Crippen molar-refractivity contribution in [2.45, 2.75) is 25.7 Å². The number of aryl methyl sites for hydroxylation is 1. The fourth-order valence-electron chi connectivity index (χ4n) is 3.62. The zero-order chi connectivity index (χ0) is 20.4. The van der Waals surface area contributed by atoms with Gasteiger partial charge in [-0.25, -0.2) is 9.78 Å². The van der Waals surface area contributed by atoms with Crippen molar-refractivity contribution in [3.8, 4) is 0 Å². The molecule has 2 N–H and O–H groups in total. The minimum Gasteiger partial charge on any atom is -0.452 e. The third kappa shape index (κ3) is 4.10. The number of rotatable bonds is 4. The van der Waals surface area contributed by atoms with E-state index in [2.05, 4.69) is 6.07 Å². The van der Waals surface area contributed by atoms with E-state index in [1.165, 1.54) is 0 Å². The molecule has 0 radical (unpaired) electrons. The maximum Gasteiger partial charge on any atom is 0.340 e. The highest BCUT2D eigenvalue weighted by molar-refractivity contribution is 7.18. The number of para-hydroxylation sites is 2. The van der Waals surface area contributed by atoms with Crippen molar-refractivity contribution >= 4 is 39.1 Å². The molecule has 2 aromatic carbocycles. The van der Waals surface area contributed by atoms with E-state index in [1.54, 1.807) is 28.4 Å². The standard InChI is InChI=1S/C22H23N3O3S/c1-14-6-4-8-16(20(14)23)22(27)28-13-19(26)25-11-5-7-15(12-25)21-24-17-9-2-3-10-18(17)29-21/h2-4,6,8-10,15H,5,7,11-13,23H2,1H3/t15-/m0/s1. The maximum absolute atomic E-state index is 12.6. The van der Waals surface area contributed by atoms with Crippen molar-refractivity contribution in [3.05, 3.63) is 58.6 Å². The number of hydrogen-bond acceptors (Lipinski definition) is 6. The van der Waals surface area contributed by atoms with E-state index in [0.717, 1.165) is 33.6 Å². The Bertz CT molecular complexity index is 1030. The minimum absolute atomic E-state index is 0.185. The molecule has 1 aliphatic heterocycles. The van der Waals surface area contributed by atoms with Gasteiger partial charge >= 0.3 is 5.97 Å². The Morgan fingerprint density at radius 3 is 2.90 bits per heavy atom. The number of benzene rings is 2. The Kier molecular flexibility index (Phi) is 5.49. The lowest BCUT2D eigenvalue weighted by molar-refractivity contribution is -0.135. The highest BCUT2D eigenvalue weighted by Crippen LogP contribution is 2.33. The van der Waals surface area contributed by atoms with Crippen LogP contribution in [0.2, 0.25) is 0 Å². The van der Waals surface area contributed by atoms with Crippen LogP contribution in [0.15, 0.2) is 42.5 Å². The molecule has 7 heteroatoms. The van der Waals surface area contributed by atoms with Crippen LogP contribution < -0.4 is 5.73 Å². The van der Waals surface area contributed by atoms with Crippen molar-refractivity contribution in [2.24, 2.45) is 0 Å². The van der Waals surface area contributed by atoms with Gasteiger partial charge in [-0.15, -0.1) is 11.3 Å². The lowest BCUT2D eigenvalue weighted by atomic mass is 9.99. The van der Waals surface area contributed by atoms with Crippen LogP contribution in [0, 0.1) is 6.92 Å². The number of ether oxygens (including phenoxy) is 1. The number of nitrogen functional groups attached to an aromatic ring is 1. The van der Waals surface area contributed by atoms with Crippen LogP contribution in [0.5, 0.6) is 0 Å². The van der Waals surface area contributed by atoms with Gasteiger partial charge in [-0.3, -0.25) is 4.79 Å². The van der Waals surface area contributed by atoms with Crippen LogP contribution in [0.4, 0.5) is 5.69 Å². The minimum atomic E-state index is -0.570. The molecule has 1 aromatic heterocycles. The average molecular weight is 410 g/mol. The molecular weight excluding hydrogens is 386 g/mol. The number of nitrogens with zero attached hydrogens (tertiary/aromatic N) is 2. The molecule has 0 unspecified atom stereocenters. The number of carbonyl (C=O) groups excluding carboxylic acids is 2. The fraction of sp³-hybridized carbons (Fsp3) is 0.318. The monoisotopic (exact) mass is 409 g/mol. The quantitative estimate of drug-likeness (QED) is 0.524. The number of piperidine rings is 1. The van der Waals surface area contributed by atoms with Crippen LogP contribution in [-0.4, -0.2) is 41.5 Å². The van der Waals surface area contributed by atoms with Crippen LogP contribution >= 0.6 is 11.3 Å². The van der Waals surface area contributed by atoms with Crippen molar-refractivity contribution in [3.63, 3.8) is 0 Å². The second kappa shape index (κ2) is 8.21. The van der Waals surface area contributed by atoms with E-state index < -0.39 is 5.97 Å². The number of carbonyl (C=O) groups is 2. The number of hydrogen-bond donors (Lipinski definition) is 1. The molecule has 0 aliphatic carbocycles. The Hall–Kier alpha value is -2.93. The Labute approximate surface area is 173 Å². The van der Waals surface area contributed by atoms with Crippen molar-refractivity contribution < 1.29 is 14.3 Å². The fourth-order valence-corrected chi connectivity index (χ4v) is 4.72. The van der Waals surface area contributed by atoms with Gasteiger partial charge in [0.05, 0.1) is 20.8 Å². The molecule has 0 bridgehead atoms. The smallest absolute Gasteiger partial charge is 0.340 e. The first-order valence-corrected chi connectivity index (χ1v) is 10.5. The molecule has 29 heavy (non-hydrogen) atoms. The number of anilines is 1. The van der Waals surface area contributed by atoms with Crippen LogP contribution in [-0.2, 0) is 9.53 Å². The Morgan fingerprint density at radius 2 is 2.07 bits per heavy atom. The molecule has 2 heterocycles. The Morgan fingerprint density at radius 1 is 1.24 bits per heavy atom. The van der Waals surface area contributed by atoms with Crippen molar-refractivity contribution in [1.82, 2.24) is 9.88 Å². The molecule has 3 aromatic rings. The van der Waals surface area contributed by atoms with Gasteiger partial charge in [0.15, 0.2) is 6.61 Å². The summed E-state index contributed by atoms with van der Waals surface area (Å²) in [6.45, 7) is 2.82. The average Bonchev–Trinajstić information content (AvgIpc) is 3.18. The summed E-state index contributed by atoms with van der Waals surface area (Å²) in [5.41, 5.74) is 8.43. The number of fused-ring (bicyclic) bond motifs is 1. The molecule has 150 valence electrons. The molecule has 6 nitrogen and oxygen atoms in total. The summed E-state index contributed by atoms with van der Waals surface area (Å²) >= 11 is 1.69. The molecule has 0 spiro atoms. The molecule has 4 rings (SSSR count). The topological polar surface area (TPSA) is 85.5 Å². The molecule has 1 amide bonds. The summed E-state index contributed by atoms with van der Waals surface area (Å²) in [6.07, 6.45) is 1.91. The van der Waals surface area contributed by atoms with E-state index in [9.17, 15) is 9.59 Å². The number of esters is 1. The zero-order valence-corrected chi connectivity index (χ0v) is 17.1. The number of amides is 1. The number of likely N-dealkylation sites (tertiary alicyclic amines) is 1. The molecule has 1 fully saturated rings. The third-order valence-electron chi connectivity index (χ3n) is 5.30. The van der Waals surface area contributed by atoms with E-state index >= 15 is 0 Å². The number of nitrogens with two attached hydrogens (primary N) is 1. The van der Waals surface area contributed by atoms with E-state index in [0.29, 0.717) is 24.3 Å². The highest BCUT2D eigenvalue weighted by Gasteiger charge is 2.27. The van der Waals surface area contributed by atoms with Crippen molar-refractivity contribution in [1.29, 1.82) is 0 Å². The normalized spacial score (nSPS) is 16.7. The third-order valence-corrected chi connectivity index (χ3v) is 6.50. The van der Waals surface area contributed by atoms with Gasteiger partial charge in [-0.05, 0) is 43.5 Å². The predicted octanol–water partition coefficient (Wildman–Crippen LogP) is 3.75. The van der Waals surface area contributed by atoms with E-state index in [-0.39, 0.29) is 18.4 Å². The van der Waals surface area contributed by atoms with Crippen LogP contribution in [0.1, 0.15) is 39.7 Å². The first-order chi connectivity index (χ1) is 14.0. The summed E-state index contributed by atoms with van der Waals surface area (Å²) in [7, 11) is 0. The summed E-state index contributed by atoms with van der Waals surface area (Å²) in [6, 6.07) is 13.3. The van der Waals surface area contributed by atoms with Gasteiger partial charge in [0.1, 0.15) is 0 Å². The molecule has 1 aliphatic rings. The lowest BCUT2D eigenvalue weighted by Gasteiger charge is -2.31. The van der Waals surface area contributed by atoms with Gasteiger partial charge in [0, 0.05) is 24.7 Å². The summed E-state index contributed by atoms with van der Waals surface area (Å²) in [4.78, 5) is 31.5. The zero-order valence-electron chi connectivity index (χ0n) is 16.3. The largest absolute Gasteiger partial charge is 0.452 e. The van der Waals surface area contributed by atoms with Gasteiger partial charge in [0.25, 0.3) is 5.91 Å². The number of thiazole rings is 1. The van der Waals surface area contributed by atoms with Crippen LogP contribution in [0.25, 0.3) is 10.2 Å². The molecular formula is C22H23N3O3S. The molecule has 0 saturated carbocycles. The van der Waals surface area contributed by atoms with E-state index in [4.69, 9.17) is 15.5 Å². The molecule has 1 saturated heterocycles. The van der Waals surface area contributed by atoms with Crippen LogP contribution in [0.3, 0.4) is 0 Å². The highest BCUT2D eigenvalue weighted by atomic mass is 32.1. The predicted molar refractivity (Wildman–Crippen MR) is 114 cm³/mol. The van der Waals surface area contributed by atoms with Crippen molar-refractivity contribution in [2.75, 3.05) is 25.4 Å². The Balaban J connectivity index is 1.38. The first-order valence-electron chi connectivity index (χ1n) is 9.68. The summed E-state index contributed by atoms with van der Waals surface area (Å²) in [5, 5.41) is 1.06. The molecule has 1 atom stereocenters. The van der Waals surface area contributed by atoms with Gasteiger partial charge in [0.2, 0.25) is 0 Å². The van der Waals surface area contributed by atoms with Gasteiger partial charge in [-0.1, -0.05) is 24.3 Å². The van der Waals surface area contributed by atoms with Gasteiger partial charge < -0.3 is 15.4 Å². The number of aromatic nitrogens is 1. The second-order valence-electron chi connectivity index (χ2n) is 7.31. The maximum atomic E-state index is 12.6. The SMILES string of the molecule is Cc1cccc(C(=O)OCC(=O)N2CCC[C@H](c3nc4ccccc4s3)C2)c1N. The lowest BCUT2D eigenvalue weighted by Crippen LogP contribution is -2.41. The van der Waals surface area contributed by atoms with E-state index in [1.807, 2.05) is 31.2 Å². The first kappa shape index (κ1) is 19.4. The van der Waals surface area contributed by atoms with Gasteiger partial charge in [-0.2, -0.15) is 0 Å².